The molecule has 3 rings (SSSR count). The fraction of sp³-hybridized carbons (Fsp3) is 0.133. The quantitative estimate of drug-likeness (QED) is 0.746. The number of nitrogens with one attached hydrogen (secondary N) is 1. The predicted octanol–water partition coefficient (Wildman–Crippen LogP) is 3.46. The molecule has 0 fully saturated rings. The number of benzene rings is 2. The van der Waals surface area contributed by atoms with Gasteiger partial charge in [0.1, 0.15) is 0 Å². The van der Waals surface area contributed by atoms with Crippen molar-refractivity contribution >= 4 is 33.0 Å². The Hall–Kier alpha value is -1.96. The van der Waals surface area contributed by atoms with E-state index in [4.69, 9.17) is 23.2 Å². The number of hydrogen-bond donors (Lipinski definition) is 1. The molecule has 24 heavy (non-hydrogen) atoms. The van der Waals surface area contributed by atoms with Crippen molar-refractivity contribution in [2.75, 3.05) is 0 Å². The molecule has 124 valence electrons. The standard InChI is InChI=1S/C15H12Cl2N4O2S/c1-9-5-12(16)7-13(17)14(9)24(22,23)8-10-3-2-4-11(6-10)15-18-20-21-19-15/h2-7H,8H2,1H3,(H,18,19,20,21). The molecule has 0 bridgehead atoms. The molecule has 0 saturated heterocycles. The van der Waals surface area contributed by atoms with Crippen molar-refractivity contribution < 1.29 is 8.42 Å². The first-order valence-electron chi connectivity index (χ1n) is 6.88. The Morgan fingerprint density at radius 2 is 1.96 bits per heavy atom. The third-order valence-corrected chi connectivity index (χ3v) is 5.90. The van der Waals surface area contributed by atoms with Gasteiger partial charge in [-0.05, 0) is 41.5 Å². The molecular weight excluding hydrogens is 371 g/mol. The van der Waals surface area contributed by atoms with Crippen molar-refractivity contribution in [3.63, 3.8) is 0 Å². The monoisotopic (exact) mass is 382 g/mol. The summed E-state index contributed by atoms with van der Waals surface area (Å²) in [6.07, 6.45) is 0. The SMILES string of the molecule is Cc1cc(Cl)cc(Cl)c1S(=O)(=O)Cc1cccc(-c2nn[nH]n2)c1. The zero-order valence-electron chi connectivity index (χ0n) is 12.5. The molecule has 0 aliphatic heterocycles. The third-order valence-electron chi connectivity index (χ3n) is 3.39. The van der Waals surface area contributed by atoms with Crippen LogP contribution in [-0.4, -0.2) is 29.0 Å². The van der Waals surface area contributed by atoms with Crippen molar-refractivity contribution in [1.82, 2.24) is 20.6 Å². The summed E-state index contributed by atoms with van der Waals surface area (Å²) in [5.41, 5.74) is 1.79. The van der Waals surface area contributed by atoms with E-state index in [-0.39, 0.29) is 15.7 Å². The van der Waals surface area contributed by atoms with Gasteiger partial charge < -0.3 is 0 Å². The molecule has 0 atom stereocenters. The summed E-state index contributed by atoms with van der Waals surface area (Å²) >= 11 is 12.0. The molecule has 0 amide bonds. The van der Waals surface area contributed by atoms with E-state index in [1.807, 2.05) is 0 Å². The molecule has 0 saturated carbocycles. The Morgan fingerprint density at radius 3 is 2.62 bits per heavy atom. The molecule has 2 aromatic carbocycles. The zero-order chi connectivity index (χ0) is 17.3. The summed E-state index contributed by atoms with van der Waals surface area (Å²) in [6.45, 7) is 1.67. The van der Waals surface area contributed by atoms with Gasteiger partial charge in [0.2, 0.25) is 5.82 Å². The number of aromatic amines is 1. The molecule has 1 heterocycles. The van der Waals surface area contributed by atoms with Crippen LogP contribution in [0.2, 0.25) is 10.0 Å². The van der Waals surface area contributed by atoms with Crippen LogP contribution in [0.25, 0.3) is 11.4 Å². The number of rotatable bonds is 4. The smallest absolute Gasteiger partial charge is 0.204 e. The fourth-order valence-corrected chi connectivity index (χ4v) is 5.07. The van der Waals surface area contributed by atoms with Gasteiger partial charge in [-0.15, -0.1) is 10.2 Å². The van der Waals surface area contributed by atoms with Gasteiger partial charge in [-0.2, -0.15) is 5.21 Å². The number of aromatic nitrogens is 4. The highest BCUT2D eigenvalue weighted by atomic mass is 35.5. The van der Waals surface area contributed by atoms with Crippen LogP contribution in [0.3, 0.4) is 0 Å². The maximum atomic E-state index is 12.8. The van der Waals surface area contributed by atoms with Crippen LogP contribution < -0.4 is 0 Å². The maximum Gasteiger partial charge on any atom is 0.204 e. The number of H-pyrrole nitrogens is 1. The lowest BCUT2D eigenvalue weighted by atomic mass is 10.1. The first kappa shape index (κ1) is 16.9. The minimum absolute atomic E-state index is 0.0959. The summed E-state index contributed by atoms with van der Waals surface area (Å²) in [5.74, 6) is 0.205. The van der Waals surface area contributed by atoms with E-state index in [9.17, 15) is 8.42 Å². The van der Waals surface area contributed by atoms with Crippen LogP contribution in [-0.2, 0) is 15.6 Å². The number of hydrogen-bond acceptors (Lipinski definition) is 5. The van der Waals surface area contributed by atoms with Crippen LogP contribution >= 0.6 is 23.2 Å². The first-order valence-corrected chi connectivity index (χ1v) is 9.29. The molecule has 0 spiro atoms. The molecule has 3 aromatic rings. The Kier molecular flexibility index (Phi) is 4.58. The second-order valence-corrected chi connectivity index (χ2v) is 8.00. The minimum atomic E-state index is -3.63. The van der Waals surface area contributed by atoms with Gasteiger partial charge >= 0.3 is 0 Å². The topological polar surface area (TPSA) is 88.6 Å². The number of aryl methyl sites for hydroxylation is 1. The number of sulfone groups is 1. The minimum Gasteiger partial charge on any atom is -0.223 e. The van der Waals surface area contributed by atoms with Crippen molar-refractivity contribution in [2.45, 2.75) is 17.6 Å². The lowest BCUT2D eigenvalue weighted by molar-refractivity contribution is 0.595. The van der Waals surface area contributed by atoms with Gasteiger partial charge in [-0.3, -0.25) is 0 Å². The van der Waals surface area contributed by atoms with Gasteiger partial charge in [0.25, 0.3) is 0 Å². The van der Waals surface area contributed by atoms with E-state index in [0.29, 0.717) is 27.5 Å². The number of nitrogens with zero attached hydrogens (tertiary/aromatic N) is 3. The highest BCUT2D eigenvalue weighted by Gasteiger charge is 2.22. The lowest BCUT2D eigenvalue weighted by Crippen LogP contribution is -2.08. The van der Waals surface area contributed by atoms with E-state index in [1.54, 1.807) is 37.3 Å². The summed E-state index contributed by atoms with van der Waals surface area (Å²) in [6, 6.07) is 9.96. The van der Waals surface area contributed by atoms with E-state index in [1.165, 1.54) is 6.07 Å². The van der Waals surface area contributed by atoms with Crippen LogP contribution in [0, 0.1) is 6.92 Å². The molecule has 0 aliphatic rings. The summed E-state index contributed by atoms with van der Waals surface area (Å²) in [7, 11) is -3.63. The molecule has 1 aromatic heterocycles. The van der Waals surface area contributed by atoms with Crippen molar-refractivity contribution in [1.29, 1.82) is 0 Å². The largest absolute Gasteiger partial charge is 0.223 e. The summed E-state index contributed by atoms with van der Waals surface area (Å²) < 4.78 is 25.6. The Bertz CT molecular complexity index is 965. The number of tetrazole rings is 1. The van der Waals surface area contributed by atoms with E-state index in [0.717, 1.165) is 0 Å². The number of halogens is 2. The normalized spacial score (nSPS) is 11.6. The van der Waals surface area contributed by atoms with Gasteiger partial charge in [0.05, 0.1) is 15.7 Å². The maximum absolute atomic E-state index is 12.8. The molecule has 9 heteroatoms. The highest BCUT2D eigenvalue weighted by Crippen LogP contribution is 2.31. The van der Waals surface area contributed by atoms with Gasteiger partial charge in [-0.25, -0.2) is 8.42 Å². The van der Waals surface area contributed by atoms with Crippen LogP contribution in [0.4, 0.5) is 0 Å². The predicted molar refractivity (Wildman–Crippen MR) is 91.7 cm³/mol. The molecular formula is C15H12Cl2N4O2S. The zero-order valence-corrected chi connectivity index (χ0v) is 14.8. The van der Waals surface area contributed by atoms with Gasteiger partial charge in [0.15, 0.2) is 9.84 Å². The second-order valence-electron chi connectivity index (χ2n) is 5.23. The fourth-order valence-electron chi connectivity index (χ4n) is 2.46. The van der Waals surface area contributed by atoms with Gasteiger partial charge in [-0.1, -0.05) is 41.4 Å². The van der Waals surface area contributed by atoms with E-state index >= 15 is 0 Å². The molecule has 0 unspecified atom stereocenters. The van der Waals surface area contributed by atoms with Crippen LogP contribution in [0.1, 0.15) is 11.1 Å². The van der Waals surface area contributed by atoms with E-state index < -0.39 is 9.84 Å². The average molecular weight is 383 g/mol. The molecule has 0 radical (unpaired) electrons. The Balaban J connectivity index is 1.98. The van der Waals surface area contributed by atoms with Crippen molar-refractivity contribution in [3.8, 4) is 11.4 Å². The average Bonchev–Trinajstić information content (AvgIpc) is 2.99. The van der Waals surface area contributed by atoms with Crippen molar-refractivity contribution in [2.24, 2.45) is 0 Å². The molecule has 1 N–H and O–H groups in total. The first-order chi connectivity index (χ1) is 11.4. The molecule has 0 aliphatic carbocycles. The van der Waals surface area contributed by atoms with E-state index in [2.05, 4.69) is 20.6 Å². The summed E-state index contributed by atoms with van der Waals surface area (Å²) in [5, 5.41) is 14.2. The van der Waals surface area contributed by atoms with Gasteiger partial charge in [0, 0.05) is 10.6 Å². The van der Waals surface area contributed by atoms with Crippen LogP contribution in [0.5, 0.6) is 0 Å². The molecule has 6 nitrogen and oxygen atoms in total. The van der Waals surface area contributed by atoms with Crippen molar-refractivity contribution in [3.05, 3.63) is 57.6 Å². The summed E-state index contributed by atoms with van der Waals surface area (Å²) in [4.78, 5) is 0.0959. The highest BCUT2D eigenvalue weighted by molar-refractivity contribution is 7.90. The van der Waals surface area contributed by atoms with Crippen LogP contribution in [0.15, 0.2) is 41.3 Å². The second kappa shape index (κ2) is 6.51. The Labute approximate surface area is 148 Å². The lowest BCUT2D eigenvalue weighted by Gasteiger charge is -2.11. The Morgan fingerprint density at radius 1 is 1.17 bits per heavy atom. The third kappa shape index (κ3) is 3.43.